The van der Waals surface area contributed by atoms with Crippen molar-refractivity contribution < 1.29 is 27.8 Å². The third-order valence-corrected chi connectivity index (χ3v) is 5.46. The number of benzene rings is 1. The second-order valence-corrected chi connectivity index (χ2v) is 7.86. The van der Waals surface area contributed by atoms with Crippen molar-refractivity contribution in [1.29, 1.82) is 0 Å². The molecule has 3 heterocycles. The average molecular weight is 442 g/mol. The normalized spacial score (nSPS) is 20.8. The van der Waals surface area contributed by atoms with Crippen LogP contribution in [0.25, 0.3) is 11.3 Å². The molecule has 0 bridgehead atoms. The minimum Gasteiger partial charge on any atom is -0.393 e. The van der Waals surface area contributed by atoms with Crippen LogP contribution in [0, 0.1) is 17.5 Å². The molecule has 1 fully saturated rings. The smallest absolute Gasteiger partial charge is 0.185 e. The summed E-state index contributed by atoms with van der Waals surface area (Å²) in [5, 5.41) is 10.1. The van der Waals surface area contributed by atoms with E-state index in [1.807, 2.05) is 6.92 Å². The van der Waals surface area contributed by atoms with Crippen LogP contribution in [0.4, 0.5) is 13.2 Å². The molecule has 4 rings (SSSR count). The van der Waals surface area contributed by atoms with Gasteiger partial charge < -0.3 is 9.84 Å². The van der Waals surface area contributed by atoms with Gasteiger partial charge in [-0.15, -0.1) is 0 Å². The number of ketones is 1. The zero-order valence-electron chi connectivity index (χ0n) is 17.3. The number of aromatic nitrogens is 2. The fourth-order valence-corrected chi connectivity index (χ4v) is 3.98. The third kappa shape index (κ3) is 4.56. The zero-order chi connectivity index (χ0) is 22.8. The predicted octanol–water partition coefficient (Wildman–Crippen LogP) is 4.59. The Morgan fingerprint density at radius 2 is 1.84 bits per heavy atom. The molecule has 0 aliphatic carbocycles. The van der Waals surface area contributed by atoms with Crippen molar-refractivity contribution >= 4 is 5.78 Å². The van der Waals surface area contributed by atoms with Gasteiger partial charge in [-0.3, -0.25) is 9.78 Å². The van der Waals surface area contributed by atoms with Crippen molar-refractivity contribution in [3.05, 3.63) is 83.1 Å². The van der Waals surface area contributed by atoms with Crippen molar-refractivity contribution in [3.8, 4) is 11.3 Å². The van der Waals surface area contributed by atoms with Crippen LogP contribution in [0.3, 0.4) is 0 Å². The van der Waals surface area contributed by atoms with E-state index in [0.717, 1.165) is 29.8 Å². The molecule has 0 amide bonds. The van der Waals surface area contributed by atoms with Crippen LogP contribution < -0.4 is 0 Å². The van der Waals surface area contributed by atoms with E-state index in [0.29, 0.717) is 18.4 Å². The highest BCUT2D eigenvalue weighted by Crippen LogP contribution is 2.33. The van der Waals surface area contributed by atoms with E-state index >= 15 is 0 Å². The number of carbonyl (C=O) groups excluding carboxylic acids is 1. The summed E-state index contributed by atoms with van der Waals surface area (Å²) >= 11 is 0. The monoisotopic (exact) mass is 442 g/mol. The van der Waals surface area contributed by atoms with E-state index in [-0.39, 0.29) is 18.2 Å². The largest absolute Gasteiger partial charge is 0.393 e. The molecule has 3 aromatic rings. The minimum atomic E-state index is -0.974. The van der Waals surface area contributed by atoms with Crippen LogP contribution in [0.1, 0.15) is 47.5 Å². The maximum Gasteiger partial charge on any atom is 0.185 e. The molecule has 0 spiro atoms. The van der Waals surface area contributed by atoms with Crippen LogP contribution in [-0.4, -0.2) is 33.1 Å². The molecule has 1 N–H and O–H groups in total. The fourth-order valence-electron chi connectivity index (χ4n) is 3.98. The summed E-state index contributed by atoms with van der Waals surface area (Å²) in [7, 11) is 0. The van der Waals surface area contributed by atoms with Gasteiger partial charge in [-0.05, 0) is 54.8 Å². The van der Waals surface area contributed by atoms with Crippen molar-refractivity contribution in [1.82, 2.24) is 9.97 Å². The Labute approximate surface area is 182 Å². The Balaban J connectivity index is 1.64. The van der Waals surface area contributed by atoms with Crippen LogP contribution in [0.2, 0.25) is 0 Å². The highest BCUT2D eigenvalue weighted by atomic mass is 19.1. The number of Topliss-reactive ketones (excluding diaryl/α,β-unsaturated/α-hetero) is 1. The summed E-state index contributed by atoms with van der Waals surface area (Å²) in [5.41, 5.74) is -0.0162. The SMILES string of the molecule is C[C@H]1C[C@@H](O)C[C@@H](c2ccncc2CC(=O)c2ccc(F)c(-c3c(F)cccc3F)n2)O1. The molecule has 0 saturated carbocycles. The molecule has 0 radical (unpaired) electrons. The first kappa shape index (κ1) is 22.1. The van der Waals surface area contributed by atoms with E-state index in [2.05, 4.69) is 9.97 Å². The Kier molecular flexibility index (Phi) is 6.34. The van der Waals surface area contributed by atoms with Crippen molar-refractivity contribution in [2.45, 2.75) is 44.5 Å². The molecular formula is C24H21F3N2O3. The Bertz CT molecular complexity index is 1120. The van der Waals surface area contributed by atoms with Crippen molar-refractivity contribution in [2.75, 3.05) is 0 Å². The first-order chi connectivity index (χ1) is 15.3. The van der Waals surface area contributed by atoms with Gasteiger partial charge in [0.25, 0.3) is 0 Å². The molecule has 0 unspecified atom stereocenters. The van der Waals surface area contributed by atoms with Crippen molar-refractivity contribution in [3.63, 3.8) is 0 Å². The Hall–Kier alpha value is -3.10. The van der Waals surface area contributed by atoms with Crippen LogP contribution in [0.5, 0.6) is 0 Å². The molecule has 1 aliphatic rings. The standard InChI is InChI=1S/C24H21F3N2O3/c1-13-9-15(30)11-22(32-13)16-7-8-28-12-14(16)10-21(31)20-6-5-19(27)24(29-20)23-17(25)3-2-4-18(23)26/h2-8,12-13,15,22,30H,9-11H2,1H3/t13-,15+,22-/m0/s1. The van der Waals surface area contributed by atoms with Gasteiger partial charge in [0, 0.05) is 25.2 Å². The van der Waals surface area contributed by atoms with Gasteiger partial charge in [-0.1, -0.05) is 6.07 Å². The predicted molar refractivity (Wildman–Crippen MR) is 110 cm³/mol. The van der Waals surface area contributed by atoms with Gasteiger partial charge in [-0.2, -0.15) is 0 Å². The van der Waals surface area contributed by atoms with Gasteiger partial charge in [0.15, 0.2) is 5.78 Å². The van der Waals surface area contributed by atoms with Gasteiger partial charge in [-0.25, -0.2) is 18.2 Å². The quantitative estimate of drug-likeness (QED) is 0.586. The number of halogens is 3. The molecular weight excluding hydrogens is 421 g/mol. The molecule has 5 nitrogen and oxygen atoms in total. The molecule has 1 saturated heterocycles. The van der Waals surface area contributed by atoms with E-state index in [1.165, 1.54) is 12.3 Å². The van der Waals surface area contributed by atoms with Gasteiger partial charge >= 0.3 is 0 Å². The summed E-state index contributed by atoms with van der Waals surface area (Å²) in [6.07, 6.45) is 2.85. The molecule has 3 atom stereocenters. The lowest BCUT2D eigenvalue weighted by molar-refractivity contribution is -0.0898. The van der Waals surface area contributed by atoms with E-state index < -0.39 is 46.7 Å². The minimum absolute atomic E-state index is 0.120. The Morgan fingerprint density at radius 1 is 1.09 bits per heavy atom. The molecule has 1 aliphatic heterocycles. The van der Waals surface area contributed by atoms with Crippen LogP contribution >= 0.6 is 0 Å². The van der Waals surface area contributed by atoms with Gasteiger partial charge in [0.1, 0.15) is 28.8 Å². The molecule has 8 heteroatoms. The lowest BCUT2D eigenvalue weighted by atomic mass is 9.92. The van der Waals surface area contributed by atoms with Gasteiger partial charge in [0.2, 0.25) is 0 Å². The van der Waals surface area contributed by atoms with Crippen molar-refractivity contribution in [2.24, 2.45) is 0 Å². The van der Waals surface area contributed by atoms with E-state index in [1.54, 1.807) is 12.3 Å². The highest BCUT2D eigenvalue weighted by Gasteiger charge is 2.29. The summed E-state index contributed by atoms with van der Waals surface area (Å²) in [4.78, 5) is 21.0. The second-order valence-electron chi connectivity index (χ2n) is 7.86. The maximum atomic E-state index is 14.3. The second kappa shape index (κ2) is 9.18. The van der Waals surface area contributed by atoms with Crippen LogP contribution in [0.15, 0.2) is 48.8 Å². The summed E-state index contributed by atoms with van der Waals surface area (Å²) in [5.74, 6) is -3.36. The first-order valence-corrected chi connectivity index (χ1v) is 10.2. The lowest BCUT2D eigenvalue weighted by Gasteiger charge is -2.32. The number of aliphatic hydroxyl groups excluding tert-OH is 1. The summed E-state index contributed by atoms with van der Waals surface area (Å²) < 4.78 is 48.6. The Morgan fingerprint density at radius 3 is 2.56 bits per heavy atom. The highest BCUT2D eigenvalue weighted by molar-refractivity contribution is 5.96. The summed E-state index contributed by atoms with van der Waals surface area (Å²) in [6.45, 7) is 1.87. The maximum absolute atomic E-state index is 14.3. The third-order valence-electron chi connectivity index (χ3n) is 5.46. The van der Waals surface area contributed by atoms with E-state index in [4.69, 9.17) is 4.74 Å². The molecule has 32 heavy (non-hydrogen) atoms. The number of pyridine rings is 2. The number of carbonyl (C=O) groups is 1. The van der Waals surface area contributed by atoms with Crippen LogP contribution in [-0.2, 0) is 11.2 Å². The number of hydrogen-bond donors (Lipinski definition) is 1. The van der Waals surface area contributed by atoms with E-state index in [9.17, 15) is 23.1 Å². The molecule has 2 aromatic heterocycles. The lowest BCUT2D eigenvalue weighted by Crippen LogP contribution is -2.30. The zero-order valence-corrected chi connectivity index (χ0v) is 17.3. The topological polar surface area (TPSA) is 72.3 Å². The number of ether oxygens (including phenoxy) is 1. The molecule has 1 aromatic carbocycles. The average Bonchev–Trinajstić information content (AvgIpc) is 2.74. The molecule has 166 valence electrons. The summed E-state index contributed by atoms with van der Waals surface area (Å²) in [6, 6.07) is 7.03. The number of aliphatic hydroxyl groups is 1. The van der Waals surface area contributed by atoms with Gasteiger partial charge in [0.05, 0.1) is 23.9 Å². The number of nitrogens with zero attached hydrogens (tertiary/aromatic N) is 2. The fraction of sp³-hybridized carbons (Fsp3) is 0.292. The number of hydrogen-bond acceptors (Lipinski definition) is 5. The first-order valence-electron chi connectivity index (χ1n) is 10.2. The number of rotatable bonds is 5.